The van der Waals surface area contributed by atoms with Crippen molar-refractivity contribution in [2.45, 2.75) is 32.0 Å². The van der Waals surface area contributed by atoms with E-state index in [-0.39, 0.29) is 12.6 Å². The minimum Gasteiger partial charge on any atom is -0.492 e. The summed E-state index contributed by atoms with van der Waals surface area (Å²) in [5.74, 6) is 0.801. The van der Waals surface area contributed by atoms with Crippen LogP contribution in [0.2, 0.25) is 5.02 Å². The van der Waals surface area contributed by atoms with Gasteiger partial charge in [-0.3, -0.25) is 0 Å². The van der Waals surface area contributed by atoms with Gasteiger partial charge in [-0.25, -0.2) is 0 Å². The fraction of sp³-hybridized carbons (Fsp3) is 0.333. The maximum Gasteiger partial charge on any atom is 0.142 e. The number of ether oxygens (including phenoxy) is 1. The lowest BCUT2D eigenvalue weighted by Gasteiger charge is -2.20. The molecule has 0 bridgehead atoms. The number of para-hydroxylation sites is 1. The van der Waals surface area contributed by atoms with Gasteiger partial charge in [-0.05, 0) is 30.0 Å². The highest BCUT2D eigenvalue weighted by molar-refractivity contribution is 6.32. The van der Waals surface area contributed by atoms with Crippen molar-refractivity contribution in [3.05, 3.63) is 64.2 Å². The first kappa shape index (κ1) is 15.3. The molecular weight excluding hydrogens is 298 g/mol. The maximum absolute atomic E-state index is 9.43. The summed E-state index contributed by atoms with van der Waals surface area (Å²) in [7, 11) is 0. The van der Waals surface area contributed by atoms with Crippen molar-refractivity contribution < 1.29 is 9.84 Å². The summed E-state index contributed by atoms with van der Waals surface area (Å²) in [6.07, 6.45) is 2.00. The van der Waals surface area contributed by atoms with Crippen LogP contribution in [0.4, 0.5) is 0 Å². The molecule has 0 spiro atoms. The fourth-order valence-electron chi connectivity index (χ4n) is 2.90. The Morgan fingerprint density at radius 2 is 1.95 bits per heavy atom. The lowest BCUT2D eigenvalue weighted by Crippen LogP contribution is -2.21. The highest BCUT2D eigenvalue weighted by atomic mass is 35.5. The van der Waals surface area contributed by atoms with Gasteiger partial charge in [0.05, 0.1) is 18.2 Å². The van der Waals surface area contributed by atoms with Crippen LogP contribution in [-0.2, 0) is 13.2 Å². The third-order valence-electron chi connectivity index (χ3n) is 4.08. The summed E-state index contributed by atoms with van der Waals surface area (Å²) in [5, 5.41) is 13.7. The SMILES string of the molecule is OCc1ccccc1CNC1CCCOc2c(Cl)cccc21. The summed E-state index contributed by atoms with van der Waals surface area (Å²) in [6, 6.07) is 14.1. The van der Waals surface area contributed by atoms with Crippen LogP contribution in [0.15, 0.2) is 42.5 Å². The number of halogens is 1. The van der Waals surface area contributed by atoms with Gasteiger partial charge in [0.15, 0.2) is 0 Å². The third kappa shape index (κ3) is 3.27. The zero-order chi connectivity index (χ0) is 15.4. The van der Waals surface area contributed by atoms with Crippen LogP contribution in [0.25, 0.3) is 0 Å². The summed E-state index contributed by atoms with van der Waals surface area (Å²) in [6.45, 7) is 1.48. The number of hydrogen-bond acceptors (Lipinski definition) is 3. The quantitative estimate of drug-likeness (QED) is 0.900. The number of fused-ring (bicyclic) bond motifs is 1. The normalized spacial score (nSPS) is 17.5. The molecule has 0 aromatic heterocycles. The first-order valence-electron chi connectivity index (χ1n) is 7.62. The molecule has 22 heavy (non-hydrogen) atoms. The molecule has 1 atom stereocenters. The van der Waals surface area contributed by atoms with Gasteiger partial charge in [0.1, 0.15) is 5.75 Å². The Morgan fingerprint density at radius 1 is 1.14 bits per heavy atom. The zero-order valence-electron chi connectivity index (χ0n) is 12.4. The van der Waals surface area contributed by atoms with Crippen LogP contribution in [0, 0.1) is 0 Å². The molecule has 1 aliphatic heterocycles. The molecule has 1 heterocycles. The average molecular weight is 318 g/mol. The van der Waals surface area contributed by atoms with Crippen LogP contribution < -0.4 is 10.1 Å². The molecule has 0 radical (unpaired) electrons. The van der Waals surface area contributed by atoms with E-state index >= 15 is 0 Å². The molecule has 2 aromatic carbocycles. The minimum atomic E-state index is 0.0635. The highest BCUT2D eigenvalue weighted by Crippen LogP contribution is 2.37. The molecule has 1 unspecified atom stereocenters. The standard InChI is InChI=1S/C18H20ClNO2/c19-16-8-3-7-15-17(9-4-10-22-18(15)16)20-11-13-5-1-2-6-14(13)12-21/h1-3,5-8,17,20-21H,4,9-12H2. The summed E-state index contributed by atoms with van der Waals surface area (Å²) >= 11 is 6.26. The van der Waals surface area contributed by atoms with E-state index in [0.717, 1.165) is 35.3 Å². The fourth-order valence-corrected chi connectivity index (χ4v) is 3.14. The second-order valence-electron chi connectivity index (χ2n) is 5.51. The van der Waals surface area contributed by atoms with Crippen molar-refractivity contribution in [2.75, 3.05) is 6.61 Å². The Morgan fingerprint density at radius 3 is 2.77 bits per heavy atom. The Hall–Kier alpha value is -1.55. The molecule has 3 nitrogen and oxygen atoms in total. The Labute approximate surface area is 135 Å². The molecule has 4 heteroatoms. The van der Waals surface area contributed by atoms with E-state index in [2.05, 4.69) is 11.4 Å². The molecule has 3 rings (SSSR count). The Balaban J connectivity index is 1.80. The van der Waals surface area contributed by atoms with Crippen LogP contribution in [-0.4, -0.2) is 11.7 Å². The third-order valence-corrected chi connectivity index (χ3v) is 4.38. The van der Waals surface area contributed by atoms with E-state index in [1.807, 2.05) is 36.4 Å². The van der Waals surface area contributed by atoms with Crippen molar-refractivity contribution in [3.8, 4) is 5.75 Å². The first-order chi connectivity index (χ1) is 10.8. The number of nitrogens with one attached hydrogen (secondary N) is 1. The molecule has 0 aliphatic carbocycles. The van der Waals surface area contributed by atoms with Gasteiger partial charge in [-0.2, -0.15) is 0 Å². The van der Waals surface area contributed by atoms with Gasteiger partial charge in [-0.15, -0.1) is 0 Å². The van der Waals surface area contributed by atoms with E-state index in [9.17, 15) is 5.11 Å². The molecule has 0 saturated heterocycles. The van der Waals surface area contributed by atoms with E-state index in [4.69, 9.17) is 16.3 Å². The molecular formula is C18H20ClNO2. The number of aliphatic hydroxyl groups is 1. The van der Waals surface area contributed by atoms with Gasteiger partial charge in [0.25, 0.3) is 0 Å². The van der Waals surface area contributed by atoms with Gasteiger partial charge >= 0.3 is 0 Å². The molecule has 2 aromatic rings. The summed E-state index contributed by atoms with van der Waals surface area (Å²) in [5.41, 5.74) is 3.21. The largest absolute Gasteiger partial charge is 0.492 e. The second kappa shape index (κ2) is 7.14. The highest BCUT2D eigenvalue weighted by Gasteiger charge is 2.21. The molecule has 0 fully saturated rings. The van der Waals surface area contributed by atoms with Gasteiger partial charge in [-0.1, -0.05) is 48.0 Å². The predicted molar refractivity (Wildman–Crippen MR) is 88.1 cm³/mol. The Bertz CT molecular complexity index is 645. The zero-order valence-corrected chi connectivity index (χ0v) is 13.1. The van der Waals surface area contributed by atoms with E-state index in [0.29, 0.717) is 18.2 Å². The van der Waals surface area contributed by atoms with Gasteiger partial charge < -0.3 is 15.2 Å². The molecule has 0 saturated carbocycles. The number of aliphatic hydroxyl groups excluding tert-OH is 1. The van der Waals surface area contributed by atoms with Crippen molar-refractivity contribution in [3.63, 3.8) is 0 Å². The summed E-state index contributed by atoms with van der Waals surface area (Å²) in [4.78, 5) is 0. The number of rotatable bonds is 4. The first-order valence-corrected chi connectivity index (χ1v) is 7.99. The van der Waals surface area contributed by atoms with Crippen LogP contribution >= 0.6 is 11.6 Å². The van der Waals surface area contributed by atoms with Crippen LogP contribution in [0.1, 0.15) is 35.6 Å². The molecule has 1 aliphatic rings. The second-order valence-corrected chi connectivity index (χ2v) is 5.92. The van der Waals surface area contributed by atoms with Crippen molar-refractivity contribution in [2.24, 2.45) is 0 Å². The van der Waals surface area contributed by atoms with Crippen molar-refractivity contribution in [1.82, 2.24) is 5.32 Å². The van der Waals surface area contributed by atoms with E-state index < -0.39 is 0 Å². The van der Waals surface area contributed by atoms with E-state index in [1.54, 1.807) is 0 Å². The monoisotopic (exact) mass is 317 g/mol. The van der Waals surface area contributed by atoms with Crippen molar-refractivity contribution >= 4 is 11.6 Å². The molecule has 116 valence electrons. The average Bonchev–Trinajstić information content (AvgIpc) is 2.76. The smallest absolute Gasteiger partial charge is 0.142 e. The molecule has 0 amide bonds. The van der Waals surface area contributed by atoms with Gasteiger partial charge in [0, 0.05) is 18.2 Å². The van der Waals surface area contributed by atoms with Crippen LogP contribution in [0.5, 0.6) is 5.75 Å². The van der Waals surface area contributed by atoms with Crippen LogP contribution in [0.3, 0.4) is 0 Å². The molecule has 2 N–H and O–H groups in total. The Kier molecular flexibility index (Phi) is 4.98. The number of hydrogen-bond donors (Lipinski definition) is 2. The number of benzene rings is 2. The minimum absolute atomic E-state index is 0.0635. The maximum atomic E-state index is 9.43. The summed E-state index contributed by atoms with van der Waals surface area (Å²) < 4.78 is 5.79. The lowest BCUT2D eigenvalue weighted by molar-refractivity contribution is 0.280. The van der Waals surface area contributed by atoms with Crippen molar-refractivity contribution in [1.29, 1.82) is 0 Å². The van der Waals surface area contributed by atoms with E-state index in [1.165, 1.54) is 0 Å². The predicted octanol–water partition coefficient (Wildman–Crippen LogP) is 3.84. The lowest BCUT2D eigenvalue weighted by atomic mass is 10.0. The van der Waals surface area contributed by atoms with Gasteiger partial charge in [0.2, 0.25) is 0 Å². The topological polar surface area (TPSA) is 41.5 Å².